The van der Waals surface area contributed by atoms with Crippen LogP contribution in [-0.4, -0.2) is 157 Å². The smallest absolute Gasteiger partial charge is 0.326 e. The first-order valence-corrected chi connectivity index (χ1v) is 26.4. The van der Waals surface area contributed by atoms with E-state index < -0.39 is 170 Å². The van der Waals surface area contributed by atoms with Gasteiger partial charge in [-0.3, -0.25) is 52.7 Å². The Hall–Kier alpha value is -9.44. The zero-order chi connectivity index (χ0) is 61.7. The van der Waals surface area contributed by atoms with Crippen molar-refractivity contribution in [1.29, 1.82) is 0 Å². The Morgan fingerprint density at radius 3 is 1.55 bits per heavy atom. The molecule has 28 nitrogen and oxygen atoms in total. The number of carbonyl (C=O) groups excluding carboxylic acids is 10. The van der Waals surface area contributed by atoms with Crippen molar-refractivity contribution in [3.8, 4) is 5.75 Å². The first-order valence-electron chi connectivity index (χ1n) is 26.4. The summed E-state index contributed by atoms with van der Waals surface area (Å²) in [6.07, 6.45) is -3.60. The number of aromatic hydroxyl groups is 1. The fraction of sp³-hybridized carbons (Fsp3) is 0.418. The summed E-state index contributed by atoms with van der Waals surface area (Å²) in [4.78, 5) is 162. The largest absolute Gasteiger partial charge is 0.508 e. The highest BCUT2D eigenvalue weighted by molar-refractivity contribution is 5.99. The molecule has 3 aromatic carbocycles. The Balaban J connectivity index is 1.60. The van der Waals surface area contributed by atoms with Crippen LogP contribution in [0.5, 0.6) is 5.75 Å². The van der Waals surface area contributed by atoms with E-state index in [1.54, 1.807) is 74.6 Å². The van der Waals surface area contributed by atoms with Gasteiger partial charge in [-0.1, -0.05) is 74.5 Å². The number of nitrogens with one attached hydrogen (secondary N) is 9. The fourth-order valence-electron chi connectivity index (χ4n) is 8.46. The van der Waals surface area contributed by atoms with Crippen LogP contribution in [0.4, 0.5) is 0 Å². The standard InChI is InChI=1S/C55H72N12O16/c1-27(2)45(66-54(81)46(29(4)68)67-48(75)35(56)22-30-10-6-5-7-11-30)53(80)60-28(3)47(74)61-38(19-21-44(72)73)49(76)63-39(23-31-14-16-33(69)17-15-31)51(78)64-40(24-32-26-59-36-13-9-8-12-34(32)36)52(79)62-37(18-20-42(57)70)50(77)65-41(55(82)83)25-43(58)71/h5-17,26-29,35,37-41,45-46,59,68-69H,18-25,56H2,1-4H3,(H2,57,70)(H2,58,71)(H,60,80)(H,61,74)(H,62,79)(H,63,76)(H,64,78)(H,65,77)(H,66,81)(H,67,75)(H,72,73)(H,82,83). The van der Waals surface area contributed by atoms with E-state index in [9.17, 15) is 78.0 Å². The summed E-state index contributed by atoms with van der Waals surface area (Å²) in [5.74, 6) is -14.0. The minimum Gasteiger partial charge on any atom is -0.508 e. The third kappa shape index (κ3) is 21.2. The van der Waals surface area contributed by atoms with Gasteiger partial charge in [0.2, 0.25) is 59.1 Å². The molecule has 448 valence electrons. The number of hydrogen-bond donors (Lipinski definition) is 16. The molecule has 0 radical (unpaired) electrons. The van der Waals surface area contributed by atoms with E-state index in [1.807, 2.05) is 0 Å². The average molecular weight is 1160 g/mol. The third-order valence-corrected chi connectivity index (χ3v) is 13.1. The first-order chi connectivity index (χ1) is 39.1. The molecule has 28 heteroatoms. The second kappa shape index (κ2) is 31.5. The number of benzene rings is 3. The highest BCUT2D eigenvalue weighted by atomic mass is 16.4. The second-order valence-corrected chi connectivity index (χ2v) is 20.2. The van der Waals surface area contributed by atoms with Crippen molar-refractivity contribution < 1.29 is 78.0 Å². The van der Waals surface area contributed by atoms with E-state index in [1.165, 1.54) is 38.1 Å². The number of aliphatic carboxylic acids is 2. The quantitative estimate of drug-likeness (QED) is 0.0230. The van der Waals surface area contributed by atoms with Crippen LogP contribution in [0.3, 0.4) is 0 Å². The molecular weight excluding hydrogens is 1080 g/mol. The SMILES string of the molecule is CC(NC(=O)C(NC(=O)C(NC(=O)C(N)Cc1ccccc1)C(C)O)C(C)C)C(=O)NC(CCC(=O)O)C(=O)NC(Cc1ccc(O)cc1)C(=O)NC(Cc1c[nH]c2ccccc12)C(=O)NC(CCC(N)=O)C(=O)NC(CC(N)=O)C(=O)O. The van der Waals surface area contributed by atoms with Gasteiger partial charge in [-0.25, -0.2) is 4.79 Å². The summed E-state index contributed by atoms with van der Waals surface area (Å²) < 4.78 is 0. The highest BCUT2D eigenvalue weighted by Gasteiger charge is 2.37. The van der Waals surface area contributed by atoms with Crippen LogP contribution in [0.1, 0.15) is 76.5 Å². The molecule has 0 fully saturated rings. The highest BCUT2D eigenvalue weighted by Crippen LogP contribution is 2.20. The molecule has 0 aliphatic carbocycles. The average Bonchev–Trinajstić information content (AvgIpc) is 4.14. The third-order valence-electron chi connectivity index (χ3n) is 13.1. The van der Waals surface area contributed by atoms with E-state index in [0.29, 0.717) is 22.0 Å². The van der Waals surface area contributed by atoms with Crippen molar-refractivity contribution in [2.45, 2.75) is 140 Å². The Morgan fingerprint density at radius 1 is 0.506 bits per heavy atom. The van der Waals surface area contributed by atoms with E-state index in [-0.39, 0.29) is 25.0 Å². The maximum Gasteiger partial charge on any atom is 0.326 e. The van der Waals surface area contributed by atoms with Crippen LogP contribution >= 0.6 is 0 Å². The molecule has 10 unspecified atom stereocenters. The zero-order valence-electron chi connectivity index (χ0n) is 46.0. The lowest BCUT2D eigenvalue weighted by Gasteiger charge is -2.28. The lowest BCUT2D eigenvalue weighted by Crippen LogP contribution is -2.61. The van der Waals surface area contributed by atoms with Crippen LogP contribution in [0.25, 0.3) is 10.9 Å². The summed E-state index contributed by atoms with van der Waals surface area (Å²) in [7, 11) is 0. The molecule has 10 atom stereocenters. The fourth-order valence-corrected chi connectivity index (χ4v) is 8.46. The van der Waals surface area contributed by atoms with E-state index >= 15 is 0 Å². The molecular formula is C55H72N12O16. The number of primary amides is 2. The molecule has 0 saturated carbocycles. The molecule has 0 saturated heterocycles. The van der Waals surface area contributed by atoms with Gasteiger partial charge in [-0.15, -0.1) is 0 Å². The Kier molecular flexibility index (Phi) is 25.1. The lowest BCUT2D eigenvalue weighted by atomic mass is 10.0. The van der Waals surface area contributed by atoms with Gasteiger partial charge in [0.25, 0.3) is 0 Å². The molecule has 19 N–H and O–H groups in total. The van der Waals surface area contributed by atoms with E-state index in [0.717, 1.165) is 5.56 Å². The number of hydrogen-bond acceptors (Lipinski definition) is 15. The van der Waals surface area contributed by atoms with Gasteiger partial charge < -0.3 is 85.1 Å². The number of aliphatic hydroxyl groups excluding tert-OH is 1. The van der Waals surface area contributed by atoms with Crippen LogP contribution in [0.15, 0.2) is 85.1 Å². The van der Waals surface area contributed by atoms with Crippen LogP contribution in [0, 0.1) is 5.92 Å². The van der Waals surface area contributed by atoms with Crippen LogP contribution < -0.4 is 59.7 Å². The molecule has 83 heavy (non-hydrogen) atoms. The number of carbonyl (C=O) groups is 12. The maximum atomic E-state index is 14.7. The Labute approximate surface area is 476 Å². The van der Waals surface area contributed by atoms with Crippen molar-refractivity contribution in [3.05, 3.63) is 102 Å². The molecule has 1 heterocycles. The normalized spacial score (nSPS) is 14.7. The molecule has 1 aromatic heterocycles. The number of rotatable bonds is 33. The maximum absolute atomic E-state index is 14.7. The summed E-state index contributed by atoms with van der Waals surface area (Å²) in [5, 5.41) is 59.9. The number of nitrogens with two attached hydrogens (primary N) is 3. The summed E-state index contributed by atoms with van der Waals surface area (Å²) in [6, 6.07) is 6.91. The number of carboxylic acids is 2. The number of aromatic nitrogens is 1. The van der Waals surface area contributed by atoms with E-state index in [4.69, 9.17) is 17.2 Å². The van der Waals surface area contributed by atoms with Crippen molar-refractivity contribution in [2.24, 2.45) is 23.1 Å². The molecule has 0 aliphatic heterocycles. The predicted octanol–water partition coefficient (Wildman–Crippen LogP) is -2.75. The van der Waals surface area contributed by atoms with Gasteiger partial charge in [0.1, 0.15) is 54.1 Å². The molecule has 0 aliphatic rings. The first kappa shape index (κ1) is 66.1. The molecule has 4 rings (SSSR count). The van der Waals surface area contributed by atoms with Gasteiger partial charge in [0.05, 0.1) is 18.6 Å². The predicted molar refractivity (Wildman–Crippen MR) is 296 cm³/mol. The van der Waals surface area contributed by atoms with Crippen molar-refractivity contribution in [3.63, 3.8) is 0 Å². The Morgan fingerprint density at radius 2 is 1.00 bits per heavy atom. The van der Waals surface area contributed by atoms with Crippen LogP contribution in [-0.2, 0) is 76.8 Å². The number of phenols is 1. The van der Waals surface area contributed by atoms with E-state index in [2.05, 4.69) is 47.5 Å². The number of fused-ring (bicyclic) bond motifs is 1. The number of phenolic OH excluding ortho intramolecular Hbond substituents is 1. The Bertz CT molecular complexity index is 2970. The summed E-state index contributed by atoms with van der Waals surface area (Å²) in [5.41, 5.74) is 18.8. The van der Waals surface area contributed by atoms with Crippen molar-refractivity contribution in [2.75, 3.05) is 0 Å². The number of aliphatic hydroxyl groups is 1. The van der Waals surface area contributed by atoms with Gasteiger partial charge in [-0.05, 0) is 73.9 Å². The lowest BCUT2D eigenvalue weighted by molar-refractivity contribution is -0.144. The van der Waals surface area contributed by atoms with Gasteiger partial charge >= 0.3 is 11.9 Å². The monoisotopic (exact) mass is 1160 g/mol. The number of H-pyrrole nitrogens is 1. The number of amides is 10. The zero-order valence-corrected chi connectivity index (χ0v) is 46.0. The summed E-state index contributed by atoms with van der Waals surface area (Å²) >= 11 is 0. The molecule has 0 bridgehead atoms. The van der Waals surface area contributed by atoms with Gasteiger partial charge in [0.15, 0.2) is 0 Å². The number of carboxylic acid groups (broad SMARTS) is 2. The van der Waals surface area contributed by atoms with Crippen molar-refractivity contribution in [1.82, 2.24) is 47.5 Å². The molecule has 4 aromatic rings. The topological polar surface area (TPSA) is 476 Å². The van der Waals surface area contributed by atoms with Gasteiger partial charge in [-0.2, -0.15) is 0 Å². The number of para-hydroxylation sites is 1. The van der Waals surface area contributed by atoms with Crippen LogP contribution in [0.2, 0.25) is 0 Å². The summed E-state index contributed by atoms with van der Waals surface area (Å²) in [6.45, 7) is 5.58. The van der Waals surface area contributed by atoms with Crippen molar-refractivity contribution >= 4 is 81.9 Å². The second-order valence-electron chi connectivity index (χ2n) is 20.2. The molecule has 0 spiro atoms. The number of aromatic amines is 1. The van der Waals surface area contributed by atoms with Gasteiger partial charge in [0, 0.05) is 42.8 Å². The minimum atomic E-state index is -1.85. The minimum absolute atomic E-state index is 0.109. The molecule has 10 amide bonds.